The molecule has 25 heavy (non-hydrogen) atoms. The molecule has 8 heteroatoms. The van der Waals surface area contributed by atoms with Crippen LogP contribution in [0.25, 0.3) is 0 Å². The predicted molar refractivity (Wildman–Crippen MR) is 85.8 cm³/mol. The van der Waals surface area contributed by atoms with Gasteiger partial charge in [-0.1, -0.05) is 12.1 Å². The molecule has 1 heterocycles. The highest BCUT2D eigenvalue weighted by Gasteiger charge is 2.27. The van der Waals surface area contributed by atoms with E-state index >= 15 is 0 Å². The second-order valence-electron chi connectivity index (χ2n) is 5.62. The van der Waals surface area contributed by atoms with Gasteiger partial charge in [-0.25, -0.2) is 4.39 Å². The molecule has 3 rings (SSSR count). The first-order valence-corrected chi connectivity index (χ1v) is 7.59. The molecule has 2 aromatic carbocycles. The summed E-state index contributed by atoms with van der Waals surface area (Å²) in [5.41, 5.74) is 0.455. The Morgan fingerprint density at radius 2 is 2.00 bits per heavy atom. The maximum absolute atomic E-state index is 13.0. The largest absolute Gasteiger partial charge is 0.502 e. The fraction of sp³-hybridized carbons (Fsp3) is 0.235. The second kappa shape index (κ2) is 6.86. The number of amides is 1. The smallest absolute Gasteiger partial charge is 0.310 e. The first-order chi connectivity index (χ1) is 12.0. The normalized spacial score (nSPS) is 17.3. The number of aromatic hydroxyl groups is 1. The molecule has 130 valence electrons. The highest BCUT2D eigenvalue weighted by molar-refractivity contribution is 5.95. The van der Waals surface area contributed by atoms with Crippen LogP contribution in [0.1, 0.15) is 22.0 Å². The molecule has 1 fully saturated rings. The number of carbonyl (C=O) groups is 1. The molecular weight excluding hydrogens is 331 g/mol. The maximum atomic E-state index is 13.0. The molecule has 0 saturated carbocycles. The van der Waals surface area contributed by atoms with Crippen molar-refractivity contribution in [1.29, 1.82) is 0 Å². The number of benzene rings is 2. The monoisotopic (exact) mass is 346 g/mol. The average Bonchev–Trinajstić information content (AvgIpc) is 2.61. The molecule has 1 aliphatic rings. The zero-order valence-electron chi connectivity index (χ0n) is 13.1. The van der Waals surface area contributed by atoms with E-state index in [2.05, 4.69) is 0 Å². The van der Waals surface area contributed by atoms with Crippen LogP contribution in [0.15, 0.2) is 42.5 Å². The highest BCUT2D eigenvalue weighted by Crippen LogP contribution is 2.28. The summed E-state index contributed by atoms with van der Waals surface area (Å²) in [5.74, 6) is -1.27. The number of phenols is 1. The summed E-state index contributed by atoms with van der Waals surface area (Å²) in [6, 6.07) is 9.35. The van der Waals surface area contributed by atoms with Crippen molar-refractivity contribution < 1.29 is 24.0 Å². The zero-order chi connectivity index (χ0) is 18.0. The summed E-state index contributed by atoms with van der Waals surface area (Å²) in [4.78, 5) is 24.1. The third-order valence-electron chi connectivity index (χ3n) is 4.01. The van der Waals surface area contributed by atoms with E-state index in [0.717, 1.165) is 17.7 Å². The number of carbonyl (C=O) groups excluding carboxylic acids is 1. The standard InChI is InChI=1S/C17H15FN2O5/c18-13-4-1-11(2-5-13)16-10-19(7-8-25-16)17(22)12-3-6-14(20(23)24)15(21)9-12/h1-6,9,16,21H,7-8,10H2/t16-/m0/s1. The second-order valence-corrected chi connectivity index (χ2v) is 5.62. The van der Waals surface area contributed by atoms with Crippen molar-refractivity contribution in [2.75, 3.05) is 19.7 Å². The number of hydrogen-bond acceptors (Lipinski definition) is 5. The molecular formula is C17H15FN2O5. The minimum atomic E-state index is -0.719. The maximum Gasteiger partial charge on any atom is 0.310 e. The Kier molecular flexibility index (Phi) is 4.62. The quantitative estimate of drug-likeness (QED) is 0.681. The van der Waals surface area contributed by atoms with E-state index in [1.54, 1.807) is 12.1 Å². The van der Waals surface area contributed by atoms with E-state index in [-0.39, 0.29) is 29.9 Å². The average molecular weight is 346 g/mol. The van der Waals surface area contributed by atoms with Crippen LogP contribution in [0.5, 0.6) is 5.75 Å². The molecule has 0 radical (unpaired) electrons. The molecule has 7 nitrogen and oxygen atoms in total. The molecule has 1 saturated heterocycles. The highest BCUT2D eigenvalue weighted by atomic mass is 19.1. The van der Waals surface area contributed by atoms with Gasteiger partial charge in [0.2, 0.25) is 0 Å². The van der Waals surface area contributed by atoms with Gasteiger partial charge in [0.15, 0.2) is 5.75 Å². The van der Waals surface area contributed by atoms with Gasteiger partial charge in [0.25, 0.3) is 5.91 Å². The summed E-state index contributed by atoms with van der Waals surface area (Å²) in [5, 5.41) is 20.4. The van der Waals surface area contributed by atoms with Crippen molar-refractivity contribution in [2.24, 2.45) is 0 Å². The van der Waals surface area contributed by atoms with E-state index in [1.807, 2.05) is 0 Å². The zero-order valence-corrected chi connectivity index (χ0v) is 13.1. The Balaban J connectivity index is 1.77. The summed E-state index contributed by atoms with van der Waals surface area (Å²) in [6.45, 7) is 0.934. The van der Waals surface area contributed by atoms with Crippen LogP contribution in [0.2, 0.25) is 0 Å². The number of nitrogens with zero attached hydrogens (tertiary/aromatic N) is 2. The van der Waals surface area contributed by atoms with Gasteiger partial charge in [-0.3, -0.25) is 14.9 Å². The summed E-state index contributed by atoms with van der Waals surface area (Å²) >= 11 is 0. The number of halogens is 1. The number of ether oxygens (including phenoxy) is 1. The molecule has 0 bridgehead atoms. The van der Waals surface area contributed by atoms with Crippen LogP contribution in [-0.2, 0) is 4.74 Å². The van der Waals surface area contributed by atoms with Gasteiger partial charge in [-0.15, -0.1) is 0 Å². The molecule has 0 aromatic heterocycles. The lowest BCUT2D eigenvalue weighted by atomic mass is 10.1. The number of rotatable bonds is 3. The number of nitro groups is 1. The fourth-order valence-corrected chi connectivity index (χ4v) is 2.71. The van der Waals surface area contributed by atoms with Gasteiger partial charge in [0.1, 0.15) is 11.9 Å². The lowest BCUT2D eigenvalue weighted by molar-refractivity contribution is -0.385. The Morgan fingerprint density at radius 1 is 1.28 bits per heavy atom. The molecule has 0 aliphatic carbocycles. The molecule has 0 unspecified atom stereocenters. The lowest BCUT2D eigenvalue weighted by Gasteiger charge is -2.33. The first-order valence-electron chi connectivity index (χ1n) is 7.59. The van der Waals surface area contributed by atoms with Gasteiger partial charge in [0, 0.05) is 18.2 Å². The van der Waals surface area contributed by atoms with Crippen LogP contribution in [0.3, 0.4) is 0 Å². The number of morpholine rings is 1. The van der Waals surface area contributed by atoms with Crippen molar-refractivity contribution in [2.45, 2.75) is 6.10 Å². The van der Waals surface area contributed by atoms with Crippen molar-refractivity contribution >= 4 is 11.6 Å². The Hall–Kier alpha value is -3.00. The molecule has 1 atom stereocenters. The van der Waals surface area contributed by atoms with Gasteiger partial charge in [-0.05, 0) is 29.8 Å². The van der Waals surface area contributed by atoms with Crippen molar-refractivity contribution in [1.82, 2.24) is 4.90 Å². The van der Waals surface area contributed by atoms with Crippen molar-refractivity contribution in [3.8, 4) is 5.75 Å². The molecule has 1 aliphatic heterocycles. The van der Waals surface area contributed by atoms with E-state index in [9.17, 15) is 24.4 Å². The Morgan fingerprint density at radius 3 is 2.64 bits per heavy atom. The predicted octanol–water partition coefficient (Wildman–Crippen LogP) is 2.65. The lowest BCUT2D eigenvalue weighted by Crippen LogP contribution is -2.42. The van der Waals surface area contributed by atoms with Crippen LogP contribution in [0, 0.1) is 15.9 Å². The van der Waals surface area contributed by atoms with Gasteiger partial charge >= 0.3 is 5.69 Å². The molecule has 0 spiro atoms. The van der Waals surface area contributed by atoms with Gasteiger partial charge in [-0.2, -0.15) is 0 Å². The van der Waals surface area contributed by atoms with Crippen LogP contribution >= 0.6 is 0 Å². The molecule has 2 aromatic rings. The SMILES string of the molecule is O=C(c1ccc([N+](=O)[O-])c(O)c1)N1CCO[C@H](c2ccc(F)cc2)C1. The van der Waals surface area contributed by atoms with E-state index < -0.39 is 16.4 Å². The van der Waals surface area contributed by atoms with Gasteiger partial charge < -0.3 is 14.7 Å². The minimum Gasteiger partial charge on any atom is -0.502 e. The van der Waals surface area contributed by atoms with E-state index in [4.69, 9.17) is 4.74 Å². The van der Waals surface area contributed by atoms with Crippen LogP contribution < -0.4 is 0 Å². The minimum absolute atomic E-state index is 0.155. The fourth-order valence-electron chi connectivity index (χ4n) is 2.71. The summed E-state index contributed by atoms with van der Waals surface area (Å²) in [7, 11) is 0. The van der Waals surface area contributed by atoms with Crippen LogP contribution in [-0.4, -0.2) is 40.5 Å². The molecule has 1 N–H and O–H groups in total. The van der Waals surface area contributed by atoms with Crippen LogP contribution in [0.4, 0.5) is 10.1 Å². The molecule has 1 amide bonds. The Bertz CT molecular complexity index is 809. The number of phenolic OH excluding ortho intramolecular Hbond substituents is 1. The Labute approximate surface area is 142 Å². The van der Waals surface area contributed by atoms with E-state index in [1.165, 1.54) is 23.1 Å². The van der Waals surface area contributed by atoms with E-state index in [0.29, 0.717) is 13.2 Å². The first kappa shape index (κ1) is 16.8. The van der Waals surface area contributed by atoms with Crippen molar-refractivity contribution in [3.05, 3.63) is 69.5 Å². The third-order valence-corrected chi connectivity index (χ3v) is 4.01. The topological polar surface area (TPSA) is 92.9 Å². The third kappa shape index (κ3) is 3.58. The van der Waals surface area contributed by atoms with Crippen molar-refractivity contribution in [3.63, 3.8) is 0 Å². The number of nitro benzene ring substituents is 1. The summed E-state index contributed by atoms with van der Waals surface area (Å²) in [6.07, 6.45) is -0.384. The summed E-state index contributed by atoms with van der Waals surface area (Å²) < 4.78 is 18.7. The number of hydrogen-bond donors (Lipinski definition) is 1. The van der Waals surface area contributed by atoms with Gasteiger partial charge in [0.05, 0.1) is 18.1 Å².